The molecule has 2 heterocycles. The van der Waals surface area contributed by atoms with Crippen molar-refractivity contribution in [3.8, 4) is 11.5 Å². The van der Waals surface area contributed by atoms with Gasteiger partial charge in [-0.1, -0.05) is 6.92 Å². The van der Waals surface area contributed by atoms with Gasteiger partial charge >= 0.3 is 0 Å². The predicted octanol–water partition coefficient (Wildman–Crippen LogP) is 3.68. The Bertz CT molecular complexity index is 1110. The lowest BCUT2D eigenvalue weighted by Gasteiger charge is -2.37. The van der Waals surface area contributed by atoms with Gasteiger partial charge in [0.25, 0.3) is 5.91 Å². The van der Waals surface area contributed by atoms with Gasteiger partial charge in [0.1, 0.15) is 11.9 Å². The van der Waals surface area contributed by atoms with E-state index in [1.165, 1.54) is 12.1 Å². The first kappa shape index (κ1) is 25.7. The first-order valence-corrected chi connectivity index (χ1v) is 12.6. The average molecular weight is 515 g/mol. The molecular formula is C26H31FN4O4S. The molecule has 36 heavy (non-hydrogen) atoms. The van der Waals surface area contributed by atoms with Crippen molar-refractivity contribution in [1.29, 1.82) is 0 Å². The monoisotopic (exact) mass is 514 g/mol. The molecule has 0 saturated carbocycles. The molecule has 10 heteroatoms. The Morgan fingerprint density at radius 3 is 2.47 bits per heavy atom. The Balaban J connectivity index is 1.40. The number of benzene rings is 2. The third-order valence-electron chi connectivity index (χ3n) is 6.60. The van der Waals surface area contributed by atoms with E-state index in [9.17, 15) is 14.0 Å². The van der Waals surface area contributed by atoms with Crippen LogP contribution >= 0.6 is 12.2 Å². The number of amides is 2. The van der Waals surface area contributed by atoms with E-state index in [-0.39, 0.29) is 36.4 Å². The van der Waals surface area contributed by atoms with Gasteiger partial charge in [-0.15, -0.1) is 0 Å². The van der Waals surface area contributed by atoms with Gasteiger partial charge in [-0.3, -0.25) is 9.59 Å². The molecule has 0 spiro atoms. The van der Waals surface area contributed by atoms with Crippen LogP contribution in [0.2, 0.25) is 0 Å². The lowest BCUT2D eigenvalue weighted by atomic mass is 9.88. The van der Waals surface area contributed by atoms with Crippen LogP contribution in [0.15, 0.2) is 42.5 Å². The van der Waals surface area contributed by atoms with Gasteiger partial charge in [-0.2, -0.15) is 0 Å². The summed E-state index contributed by atoms with van der Waals surface area (Å²) in [6.07, 6.45) is 2.13. The summed E-state index contributed by atoms with van der Waals surface area (Å²) in [6.45, 7) is 5.32. The molecule has 0 bridgehead atoms. The summed E-state index contributed by atoms with van der Waals surface area (Å²) in [7, 11) is 0. The number of likely N-dealkylation sites (tertiary alicyclic amines) is 1. The Morgan fingerprint density at radius 2 is 1.78 bits per heavy atom. The van der Waals surface area contributed by atoms with E-state index in [2.05, 4.69) is 16.0 Å². The molecule has 2 aromatic rings. The van der Waals surface area contributed by atoms with Crippen LogP contribution in [0.5, 0.6) is 11.5 Å². The number of hydrogen-bond acceptors (Lipinski definition) is 5. The average Bonchev–Trinajstić information content (AvgIpc) is 3.36. The smallest absolute Gasteiger partial charge is 0.252 e. The van der Waals surface area contributed by atoms with Crippen LogP contribution in [0, 0.1) is 11.7 Å². The van der Waals surface area contributed by atoms with E-state index in [0.717, 1.165) is 6.42 Å². The van der Waals surface area contributed by atoms with E-state index in [4.69, 9.17) is 21.7 Å². The maximum Gasteiger partial charge on any atom is 0.252 e. The minimum atomic E-state index is -0.683. The first-order chi connectivity index (χ1) is 17.3. The molecule has 2 amide bonds. The molecule has 4 rings (SSSR count). The molecule has 2 aromatic carbocycles. The molecule has 0 aliphatic carbocycles. The van der Waals surface area contributed by atoms with E-state index < -0.39 is 6.04 Å². The highest BCUT2D eigenvalue weighted by Gasteiger charge is 2.34. The summed E-state index contributed by atoms with van der Waals surface area (Å²) < 4.78 is 23.9. The number of thiocarbonyl (C=S) groups is 1. The second kappa shape index (κ2) is 11.6. The van der Waals surface area contributed by atoms with Crippen molar-refractivity contribution in [3.63, 3.8) is 0 Å². The molecule has 3 N–H and O–H groups in total. The maximum absolute atomic E-state index is 13.2. The predicted molar refractivity (Wildman–Crippen MR) is 139 cm³/mol. The normalized spacial score (nSPS) is 16.7. The first-order valence-electron chi connectivity index (χ1n) is 12.2. The summed E-state index contributed by atoms with van der Waals surface area (Å²) in [4.78, 5) is 28.3. The number of ether oxygens (including phenoxy) is 2. The molecule has 2 aliphatic heterocycles. The van der Waals surface area contributed by atoms with Crippen molar-refractivity contribution in [2.45, 2.75) is 45.2 Å². The van der Waals surface area contributed by atoms with Gasteiger partial charge in [-0.05, 0) is 86.8 Å². The van der Waals surface area contributed by atoms with Crippen LogP contribution < -0.4 is 25.4 Å². The number of piperidine rings is 1. The van der Waals surface area contributed by atoms with Gasteiger partial charge < -0.3 is 30.3 Å². The summed E-state index contributed by atoms with van der Waals surface area (Å²) in [6, 6.07) is 10.3. The molecule has 2 atom stereocenters. The number of carbonyl (C=O) groups excluding carboxylic acids is 2. The van der Waals surface area contributed by atoms with Gasteiger partial charge in [0.2, 0.25) is 12.7 Å². The zero-order valence-electron chi connectivity index (χ0n) is 20.4. The van der Waals surface area contributed by atoms with Crippen molar-refractivity contribution in [2.24, 2.45) is 5.92 Å². The van der Waals surface area contributed by atoms with Crippen molar-refractivity contribution in [2.75, 3.05) is 25.2 Å². The van der Waals surface area contributed by atoms with Gasteiger partial charge in [0.15, 0.2) is 16.6 Å². The van der Waals surface area contributed by atoms with E-state index in [0.29, 0.717) is 53.8 Å². The van der Waals surface area contributed by atoms with E-state index in [1.807, 2.05) is 18.7 Å². The van der Waals surface area contributed by atoms with Crippen molar-refractivity contribution in [3.05, 3.63) is 53.8 Å². The molecule has 0 aromatic heterocycles. The zero-order valence-corrected chi connectivity index (χ0v) is 21.2. The molecule has 0 radical (unpaired) electrons. The number of carbonyl (C=O) groups is 2. The number of hydrogen-bond donors (Lipinski definition) is 3. The van der Waals surface area contributed by atoms with Crippen molar-refractivity contribution >= 4 is 34.8 Å². The van der Waals surface area contributed by atoms with E-state index in [1.54, 1.807) is 30.3 Å². The number of halogens is 1. The SMILES string of the molecule is CCC(C)NC(=O)C(NC(=O)c1ccc2c(c1)OCO2)C1CCN(C(=S)Nc2ccc(F)cc2)CC1. The number of fused-ring (bicyclic) bond motifs is 1. The molecule has 2 unspecified atom stereocenters. The molecule has 8 nitrogen and oxygen atoms in total. The summed E-state index contributed by atoms with van der Waals surface area (Å²) >= 11 is 5.54. The van der Waals surface area contributed by atoms with Gasteiger partial charge in [0.05, 0.1) is 0 Å². The number of anilines is 1. The van der Waals surface area contributed by atoms with Crippen molar-refractivity contribution in [1.82, 2.24) is 15.5 Å². The summed E-state index contributed by atoms with van der Waals surface area (Å²) in [5, 5.41) is 9.66. The third-order valence-corrected chi connectivity index (χ3v) is 6.96. The maximum atomic E-state index is 13.2. The molecule has 1 fully saturated rings. The van der Waals surface area contributed by atoms with Crippen LogP contribution in [-0.2, 0) is 4.79 Å². The van der Waals surface area contributed by atoms with Gasteiger partial charge in [-0.25, -0.2) is 4.39 Å². The minimum Gasteiger partial charge on any atom is -0.454 e. The van der Waals surface area contributed by atoms with Crippen molar-refractivity contribution < 1.29 is 23.5 Å². The number of nitrogens with zero attached hydrogens (tertiary/aromatic N) is 1. The standard InChI is InChI=1S/C26H31FN4O4S/c1-3-16(2)28-25(33)23(30-24(32)18-4-9-21-22(14-18)35-15-34-21)17-10-12-31(13-11-17)26(36)29-20-7-5-19(27)6-8-20/h4-9,14,16-17,23H,3,10-13,15H2,1-2H3,(H,28,33)(H,29,36)(H,30,32). The number of nitrogens with one attached hydrogen (secondary N) is 3. The van der Waals surface area contributed by atoms with Crippen LogP contribution in [0.4, 0.5) is 10.1 Å². The Hall–Kier alpha value is -3.40. The highest BCUT2D eigenvalue weighted by molar-refractivity contribution is 7.80. The number of rotatable bonds is 7. The second-order valence-electron chi connectivity index (χ2n) is 9.10. The van der Waals surface area contributed by atoms with E-state index >= 15 is 0 Å². The highest BCUT2D eigenvalue weighted by atomic mass is 32.1. The second-order valence-corrected chi connectivity index (χ2v) is 9.49. The molecule has 1 saturated heterocycles. The zero-order chi connectivity index (χ0) is 25.7. The fourth-order valence-electron chi connectivity index (χ4n) is 4.27. The Labute approximate surface area is 215 Å². The minimum absolute atomic E-state index is 0.00461. The third kappa shape index (κ3) is 6.23. The van der Waals surface area contributed by atoms with Crippen LogP contribution in [0.1, 0.15) is 43.5 Å². The largest absolute Gasteiger partial charge is 0.454 e. The summed E-state index contributed by atoms with van der Waals surface area (Å²) in [5.74, 6) is 0.208. The van der Waals surface area contributed by atoms with Gasteiger partial charge in [0, 0.05) is 30.4 Å². The molecule has 2 aliphatic rings. The molecular weight excluding hydrogens is 483 g/mol. The fourth-order valence-corrected chi connectivity index (χ4v) is 4.57. The topological polar surface area (TPSA) is 91.9 Å². The quantitative estimate of drug-likeness (QED) is 0.486. The lowest BCUT2D eigenvalue weighted by molar-refractivity contribution is -0.125. The van der Waals surface area contributed by atoms with Crippen LogP contribution in [-0.4, -0.2) is 53.8 Å². The lowest BCUT2D eigenvalue weighted by Crippen LogP contribution is -2.55. The molecule has 192 valence electrons. The highest BCUT2D eigenvalue weighted by Crippen LogP contribution is 2.32. The van der Waals surface area contributed by atoms with Crippen LogP contribution in [0.25, 0.3) is 0 Å². The van der Waals surface area contributed by atoms with Crippen LogP contribution in [0.3, 0.4) is 0 Å². The Morgan fingerprint density at radius 1 is 1.08 bits per heavy atom. The fraction of sp³-hybridized carbons (Fsp3) is 0.423. The Kier molecular flexibility index (Phi) is 8.25. The summed E-state index contributed by atoms with van der Waals surface area (Å²) in [5.41, 5.74) is 1.12.